The number of benzene rings is 6. The molecule has 64 heavy (non-hydrogen) atoms. The summed E-state index contributed by atoms with van der Waals surface area (Å²) < 4.78 is 0. The van der Waals surface area contributed by atoms with Gasteiger partial charge in [0.1, 0.15) is 0 Å². The first kappa shape index (κ1) is 50.0. The van der Waals surface area contributed by atoms with Crippen LogP contribution in [-0.4, -0.2) is 19.4 Å². The summed E-state index contributed by atoms with van der Waals surface area (Å²) in [5.74, 6) is -0.220. The molecule has 4 nitrogen and oxygen atoms in total. The second kappa shape index (κ2) is 23.8. The van der Waals surface area contributed by atoms with Crippen molar-refractivity contribution in [1.82, 2.24) is 10.5 Å². The molecule has 2 amide bonds. The van der Waals surface area contributed by atoms with E-state index in [1.54, 1.807) is 13.8 Å². The van der Waals surface area contributed by atoms with Crippen LogP contribution in [0.15, 0.2) is 170 Å². The molecule has 0 fully saturated rings. The molecule has 0 spiro atoms. The summed E-state index contributed by atoms with van der Waals surface area (Å²) in [5.41, 5.74) is 13.5. The second-order valence-electron chi connectivity index (χ2n) is 17.5. The Bertz CT molecular complexity index is 2540. The van der Waals surface area contributed by atoms with Crippen molar-refractivity contribution >= 4 is 57.9 Å². The molecule has 8 aromatic carbocycles. The molecule has 0 unspecified atom stereocenters. The molecule has 0 heterocycles. The summed E-state index contributed by atoms with van der Waals surface area (Å²) in [6, 6.07) is 61.4. The quantitative estimate of drug-likeness (QED) is 0.118. The predicted octanol–water partition coefficient (Wildman–Crippen LogP) is 15.3. The number of carbonyl (C=O) groups excluding carboxylic acids is 2. The second-order valence-corrected chi connectivity index (χ2v) is 21.2. The van der Waals surface area contributed by atoms with Crippen LogP contribution in [0.3, 0.4) is 0 Å². The number of hydrogen-bond donors (Lipinski definition) is 2. The average molecular weight is 964 g/mol. The summed E-state index contributed by atoms with van der Waals surface area (Å²) in [5, 5.41) is 10.1. The van der Waals surface area contributed by atoms with Crippen molar-refractivity contribution in [3.8, 4) is 44.5 Å². The van der Waals surface area contributed by atoms with E-state index in [4.69, 9.17) is 17.0 Å². The van der Waals surface area contributed by atoms with Crippen molar-refractivity contribution in [2.24, 2.45) is 0 Å². The molecule has 0 saturated carbocycles. The van der Waals surface area contributed by atoms with Gasteiger partial charge in [-0.2, -0.15) is 0 Å². The van der Waals surface area contributed by atoms with Gasteiger partial charge in [0.2, 0.25) is 11.8 Å². The molecule has 8 heteroatoms. The summed E-state index contributed by atoms with van der Waals surface area (Å²) >= 11 is -0.826. The molecule has 1 radical (unpaired) electrons. The Hall–Kier alpha value is -4.99. The first-order valence-electron chi connectivity index (χ1n) is 21.8. The molecule has 0 aliphatic rings. The van der Waals surface area contributed by atoms with Crippen LogP contribution in [0, 0.1) is 0 Å². The van der Waals surface area contributed by atoms with Crippen LogP contribution in [0.2, 0.25) is 0 Å². The topological polar surface area (TPSA) is 58.2 Å². The molecule has 8 aromatic rings. The number of fused-ring (bicyclic) bond motifs is 2. The standard InChI is InChI=1S/2C25H23.C6H12BN2O2.2ClH.Zr/c2*1-25(2,3)24-15-8-7-13-22(24)21-14-9-12-19-16-20(17-23(19)21)18-10-5-4-6-11-18;1-3-5(10)8-7-9-6(11)4-2;;;/h2*4-17H,1-3H3;3-4H2,1-2H3,(H,8,10)(H,9,11);2*1H;/q2*-1;;;;+4/p-2. The molecule has 0 bridgehead atoms. The van der Waals surface area contributed by atoms with Crippen molar-refractivity contribution < 1.29 is 30.4 Å². The van der Waals surface area contributed by atoms with E-state index in [1.807, 2.05) is 0 Å². The zero-order valence-corrected chi connectivity index (χ0v) is 42.2. The molecule has 8 rings (SSSR count). The van der Waals surface area contributed by atoms with E-state index in [2.05, 4.69) is 222 Å². The summed E-state index contributed by atoms with van der Waals surface area (Å²) in [6.07, 6.45) is 0.830. The van der Waals surface area contributed by atoms with Crippen molar-refractivity contribution in [1.29, 1.82) is 0 Å². The van der Waals surface area contributed by atoms with Crippen molar-refractivity contribution in [3.63, 3.8) is 0 Å². The fourth-order valence-electron chi connectivity index (χ4n) is 7.68. The SMILES string of the molecule is CC(C)(C)c1ccccc1-c1cccc2[cH-]c(-c3ccccc3)cc12.CC(C)(C)c1ccccc1-c1cccc2[cH-]c(-c3ccccc3)cc12.CCC(=O)N[B]NC(=O)CC.[Cl][Zr+2][Cl]. The van der Waals surface area contributed by atoms with E-state index >= 15 is 0 Å². The van der Waals surface area contributed by atoms with Gasteiger partial charge in [0.25, 0.3) is 0 Å². The van der Waals surface area contributed by atoms with Crippen molar-refractivity contribution in [3.05, 3.63) is 181 Å². The van der Waals surface area contributed by atoms with E-state index < -0.39 is 20.8 Å². The molecular weight excluding hydrogens is 906 g/mol. The Balaban J connectivity index is 0.000000188. The Morgan fingerprint density at radius 1 is 0.500 bits per heavy atom. The van der Waals surface area contributed by atoms with Crippen LogP contribution < -0.4 is 10.5 Å². The van der Waals surface area contributed by atoms with Gasteiger partial charge in [-0.05, 0) is 33.1 Å². The minimum atomic E-state index is -0.826. The third-order valence-corrected chi connectivity index (χ3v) is 10.9. The number of rotatable bonds is 8. The number of nitrogens with one attached hydrogen (secondary N) is 2. The van der Waals surface area contributed by atoms with Crippen LogP contribution >= 0.6 is 17.0 Å². The molecule has 0 saturated heterocycles. The van der Waals surface area contributed by atoms with Crippen LogP contribution in [-0.2, 0) is 41.3 Å². The van der Waals surface area contributed by atoms with E-state index in [0.717, 1.165) is 0 Å². The Morgan fingerprint density at radius 2 is 0.828 bits per heavy atom. The van der Waals surface area contributed by atoms with Gasteiger partial charge < -0.3 is 10.5 Å². The van der Waals surface area contributed by atoms with Gasteiger partial charge in [0.05, 0.1) is 0 Å². The zero-order chi connectivity index (χ0) is 46.3. The third kappa shape index (κ3) is 13.5. The molecule has 0 aliphatic carbocycles. The van der Waals surface area contributed by atoms with Crippen molar-refractivity contribution in [2.75, 3.05) is 0 Å². The van der Waals surface area contributed by atoms with Crippen LogP contribution in [0.25, 0.3) is 66.1 Å². The Morgan fingerprint density at radius 3 is 1.17 bits per heavy atom. The average Bonchev–Trinajstić information content (AvgIpc) is 3.95. The van der Waals surface area contributed by atoms with Gasteiger partial charge in [-0.25, -0.2) is 0 Å². The van der Waals surface area contributed by atoms with E-state index in [9.17, 15) is 9.59 Å². The van der Waals surface area contributed by atoms with Crippen LogP contribution in [0.1, 0.15) is 79.4 Å². The number of carbonyl (C=O) groups is 2. The van der Waals surface area contributed by atoms with E-state index in [0.29, 0.717) is 12.8 Å². The summed E-state index contributed by atoms with van der Waals surface area (Å²) in [4.78, 5) is 21.2. The molecule has 325 valence electrons. The van der Waals surface area contributed by atoms with Gasteiger partial charge in [0, 0.05) is 12.8 Å². The normalized spacial score (nSPS) is 10.8. The Labute approximate surface area is 400 Å². The summed E-state index contributed by atoms with van der Waals surface area (Å²) in [7, 11) is 11.1. The fraction of sp³-hybridized carbons (Fsp3) is 0.214. The minimum absolute atomic E-state index is 0.110. The van der Waals surface area contributed by atoms with Gasteiger partial charge in [-0.15, -0.1) is 69.1 Å². The van der Waals surface area contributed by atoms with Crippen molar-refractivity contribution in [2.45, 2.75) is 79.1 Å². The van der Waals surface area contributed by atoms with E-state index in [-0.39, 0.29) is 22.6 Å². The summed E-state index contributed by atoms with van der Waals surface area (Å²) in [6.45, 7) is 17.2. The Kier molecular flexibility index (Phi) is 18.6. The number of halogens is 2. The fourth-order valence-corrected chi connectivity index (χ4v) is 7.68. The maximum absolute atomic E-state index is 10.6. The third-order valence-electron chi connectivity index (χ3n) is 10.9. The first-order valence-corrected chi connectivity index (χ1v) is 28.1. The van der Waals surface area contributed by atoms with E-state index in [1.165, 1.54) is 84.7 Å². The van der Waals surface area contributed by atoms with Gasteiger partial charge in [-0.3, -0.25) is 9.59 Å². The molecule has 0 aliphatic heterocycles. The zero-order valence-electron chi connectivity index (χ0n) is 38.2. The van der Waals surface area contributed by atoms with Gasteiger partial charge >= 0.3 is 45.4 Å². The van der Waals surface area contributed by atoms with Gasteiger partial charge in [-0.1, -0.05) is 211 Å². The number of hydrogen-bond acceptors (Lipinski definition) is 2. The van der Waals surface area contributed by atoms with Crippen LogP contribution in [0.5, 0.6) is 0 Å². The monoisotopic (exact) mass is 961 g/mol. The molecular formula is C56H58BCl2N2O2Zr. The number of amides is 2. The van der Waals surface area contributed by atoms with Crippen LogP contribution in [0.4, 0.5) is 0 Å². The first-order chi connectivity index (χ1) is 30.7. The predicted molar refractivity (Wildman–Crippen MR) is 273 cm³/mol. The molecule has 0 aromatic heterocycles. The maximum atomic E-state index is 10.6. The molecule has 0 atom stereocenters. The van der Waals surface area contributed by atoms with Gasteiger partial charge in [0.15, 0.2) is 0 Å². The molecule has 2 N–H and O–H groups in total.